The van der Waals surface area contributed by atoms with Crippen LogP contribution in [0.3, 0.4) is 0 Å². The highest BCUT2D eigenvalue weighted by molar-refractivity contribution is 6.27. The van der Waals surface area contributed by atoms with Crippen LogP contribution in [0.5, 0.6) is 0 Å². The van der Waals surface area contributed by atoms with E-state index >= 15 is 0 Å². The number of hydrogen-bond donors (Lipinski definition) is 0. The minimum Gasteiger partial charge on any atom is -0.463 e. The van der Waals surface area contributed by atoms with Gasteiger partial charge in [-0.05, 0) is 20.3 Å². The Bertz CT molecular complexity index is 255. The molecule has 0 aromatic carbocycles. The van der Waals surface area contributed by atoms with Crippen molar-refractivity contribution in [1.82, 2.24) is 4.90 Å². The predicted octanol–water partition coefficient (Wildman–Crippen LogP) is 1.03. The van der Waals surface area contributed by atoms with Crippen molar-refractivity contribution < 1.29 is 14.3 Å². The van der Waals surface area contributed by atoms with Crippen LogP contribution in [-0.2, 0) is 14.3 Å². The van der Waals surface area contributed by atoms with Gasteiger partial charge in [-0.3, -0.25) is 9.59 Å². The Morgan fingerprint density at radius 2 is 2.20 bits per heavy atom. The van der Waals surface area contributed by atoms with Crippen molar-refractivity contribution in [3.63, 3.8) is 0 Å². The molecule has 15 heavy (non-hydrogen) atoms. The lowest BCUT2D eigenvalue weighted by molar-refractivity contribution is -0.151. The van der Waals surface area contributed by atoms with Crippen LogP contribution in [0.4, 0.5) is 0 Å². The number of carbonyl (C=O) groups excluding carboxylic acids is 2. The van der Waals surface area contributed by atoms with Crippen molar-refractivity contribution in [3.8, 4) is 0 Å². The Morgan fingerprint density at radius 3 is 2.73 bits per heavy atom. The van der Waals surface area contributed by atoms with Gasteiger partial charge in [-0.25, -0.2) is 0 Å². The lowest BCUT2D eigenvalue weighted by Crippen LogP contribution is -2.31. The number of amides is 1. The van der Waals surface area contributed by atoms with Crippen LogP contribution in [0.2, 0.25) is 0 Å². The van der Waals surface area contributed by atoms with Gasteiger partial charge in [-0.15, -0.1) is 11.6 Å². The first-order valence-corrected chi connectivity index (χ1v) is 5.62. The second-order valence-electron chi connectivity index (χ2n) is 3.94. The lowest BCUT2D eigenvalue weighted by Gasteiger charge is -2.15. The van der Waals surface area contributed by atoms with Gasteiger partial charge in [-0.1, -0.05) is 0 Å². The third-order valence-electron chi connectivity index (χ3n) is 2.34. The Kier molecular flexibility index (Phi) is 4.39. The molecule has 1 aliphatic heterocycles. The first kappa shape index (κ1) is 12.3. The molecule has 4 nitrogen and oxygen atoms in total. The smallest absolute Gasteiger partial charge is 0.311 e. The molecule has 1 amide bonds. The number of halogens is 1. The summed E-state index contributed by atoms with van der Waals surface area (Å²) in [7, 11) is 0. The molecule has 1 fully saturated rings. The molecule has 0 spiro atoms. The summed E-state index contributed by atoms with van der Waals surface area (Å²) in [6.07, 6.45) is 0.573. The highest BCUT2D eigenvalue weighted by atomic mass is 35.5. The maximum absolute atomic E-state index is 11.5. The normalized spacial score (nSPS) is 20.8. The highest BCUT2D eigenvalue weighted by Gasteiger charge is 2.31. The molecular formula is C10H16ClNO3. The monoisotopic (exact) mass is 233 g/mol. The maximum Gasteiger partial charge on any atom is 0.311 e. The summed E-state index contributed by atoms with van der Waals surface area (Å²) in [6.45, 7) is 4.67. The largest absolute Gasteiger partial charge is 0.463 e. The van der Waals surface area contributed by atoms with Crippen molar-refractivity contribution in [2.45, 2.75) is 26.4 Å². The summed E-state index contributed by atoms with van der Waals surface area (Å²) in [5.74, 6) is -0.530. The zero-order valence-corrected chi connectivity index (χ0v) is 9.79. The Morgan fingerprint density at radius 1 is 1.53 bits per heavy atom. The number of nitrogens with zero attached hydrogens (tertiary/aromatic N) is 1. The van der Waals surface area contributed by atoms with E-state index in [0.29, 0.717) is 19.5 Å². The summed E-state index contributed by atoms with van der Waals surface area (Å²) >= 11 is 5.44. The number of carbonyl (C=O) groups is 2. The van der Waals surface area contributed by atoms with E-state index in [0.717, 1.165) is 0 Å². The molecule has 0 aromatic heterocycles. The van der Waals surface area contributed by atoms with Crippen LogP contribution in [-0.4, -0.2) is 41.8 Å². The molecule has 0 aliphatic carbocycles. The molecule has 1 unspecified atom stereocenters. The van der Waals surface area contributed by atoms with Crippen molar-refractivity contribution in [2.75, 3.05) is 19.0 Å². The molecule has 5 heteroatoms. The molecule has 0 aromatic rings. The Hall–Kier alpha value is -0.770. The second-order valence-corrected chi connectivity index (χ2v) is 4.21. The topological polar surface area (TPSA) is 46.6 Å². The molecule has 1 heterocycles. The average molecular weight is 234 g/mol. The summed E-state index contributed by atoms with van der Waals surface area (Å²) in [6, 6.07) is 0. The molecule has 0 radical (unpaired) electrons. The standard InChI is InChI=1S/C10H16ClNO3/c1-7(2)15-10(14)8-3-4-12(6-8)9(13)5-11/h7-8H,3-6H2,1-2H3. The fourth-order valence-corrected chi connectivity index (χ4v) is 1.76. The summed E-state index contributed by atoms with van der Waals surface area (Å²) in [5, 5.41) is 0. The van der Waals surface area contributed by atoms with Crippen LogP contribution in [0, 0.1) is 5.92 Å². The van der Waals surface area contributed by atoms with Crippen molar-refractivity contribution in [3.05, 3.63) is 0 Å². The Labute approximate surface area is 94.5 Å². The van der Waals surface area contributed by atoms with Crippen LogP contribution in [0.25, 0.3) is 0 Å². The summed E-state index contributed by atoms with van der Waals surface area (Å²) in [5.41, 5.74) is 0. The fraction of sp³-hybridized carbons (Fsp3) is 0.800. The van der Waals surface area contributed by atoms with E-state index in [1.807, 2.05) is 13.8 Å². The third kappa shape index (κ3) is 3.38. The van der Waals surface area contributed by atoms with E-state index in [4.69, 9.17) is 16.3 Å². The molecule has 1 atom stereocenters. The number of alkyl halides is 1. The SMILES string of the molecule is CC(C)OC(=O)C1CCN(C(=O)CCl)C1. The van der Waals surface area contributed by atoms with Gasteiger partial charge >= 0.3 is 5.97 Å². The predicted molar refractivity (Wildman–Crippen MR) is 56.6 cm³/mol. The fourth-order valence-electron chi connectivity index (χ4n) is 1.59. The molecule has 0 saturated carbocycles. The van der Waals surface area contributed by atoms with E-state index in [1.165, 1.54) is 0 Å². The summed E-state index contributed by atoms with van der Waals surface area (Å²) in [4.78, 5) is 24.4. The highest BCUT2D eigenvalue weighted by Crippen LogP contribution is 2.18. The van der Waals surface area contributed by atoms with Gasteiger partial charge in [0, 0.05) is 13.1 Å². The van der Waals surface area contributed by atoms with Crippen molar-refractivity contribution in [1.29, 1.82) is 0 Å². The van der Waals surface area contributed by atoms with Crippen molar-refractivity contribution in [2.24, 2.45) is 5.92 Å². The molecule has 86 valence electrons. The zero-order chi connectivity index (χ0) is 11.4. The summed E-state index contributed by atoms with van der Waals surface area (Å²) < 4.78 is 5.09. The number of rotatable bonds is 3. The van der Waals surface area contributed by atoms with Gasteiger partial charge in [0.05, 0.1) is 12.0 Å². The number of esters is 1. The third-order valence-corrected chi connectivity index (χ3v) is 2.57. The zero-order valence-electron chi connectivity index (χ0n) is 9.03. The van der Waals surface area contributed by atoms with E-state index in [-0.39, 0.29) is 29.8 Å². The van der Waals surface area contributed by atoms with Gasteiger partial charge in [0.15, 0.2) is 0 Å². The van der Waals surface area contributed by atoms with Gasteiger partial charge < -0.3 is 9.64 Å². The van der Waals surface area contributed by atoms with Gasteiger partial charge in [0.25, 0.3) is 0 Å². The van der Waals surface area contributed by atoms with Gasteiger partial charge in [0.1, 0.15) is 5.88 Å². The second kappa shape index (κ2) is 5.35. The average Bonchev–Trinajstić information content (AvgIpc) is 2.64. The first-order valence-electron chi connectivity index (χ1n) is 5.08. The minimum atomic E-state index is -0.213. The number of ether oxygens (including phenoxy) is 1. The van der Waals surface area contributed by atoms with Crippen molar-refractivity contribution >= 4 is 23.5 Å². The molecule has 1 aliphatic rings. The van der Waals surface area contributed by atoms with E-state index in [1.54, 1.807) is 4.90 Å². The molecule has 1 saturated heterocycles. The first-order chi connectivity index (χ1) is 7.04. The molecule has 0 bridgehead atoms. The van der Waals surface area contributed by atoms with Crippen LogP contribution in [0.1, 0.15) is 20.3 Å². The van der Waals surface area contributed by atoms with Crippen LogP contribution in [0.15, 0.2) is 0 Å². The molecule has 0 N–H and O–H groups in total. The van der Waals surface area contributed by atoms with Gasteiger partial charge in [0.2, 0.25) is 5.91 Å². The van der Waals surface area contributed by atoms with Crippen LogP contribution >= 0.6 is 11.6 Å². The maximum atomic E-state index is 11.5. The van der Waals surface area contributed by atoms with E-state index in [9.17, 15) is 9.59 Å². The van der Waals surface area contributed by atoms with Crippen LogP contribution < -0.4 is 0 Å². The lowest BCUT2D eigenvalue weighted by atomic mass is 10.1. The molecular weight excluding hydrogens is 218 g/mol. The number of hydrogen-bond acceptors (Lipinski definition) is 3. The minimum absolute atomic E-state index is 0.0219. The number of likely N-dealkylation sites (tertiary alicyclic amines) is 1. The molecule has 1 rings (SSSR count). The Balaban J connectivity index is 2.42. The van der Waals surface area contributed by atoms with Gasteiger partial charge in [-0.2, -0.15) is 0 Å². The van der Waals surface area contributed by atoms with E-state index < -0.39 is 0 Å². The quantitative estimate of drug-likeness (QED) is 0.540. The van der Waals surface area contributed by atoms with E-state index in [2.05, 4.69) is 0 Å².